The molecular weight excluding hydrogens is 466 g/mol. The van der Waals surface area contributed by atoms with Gasteiger partial charge in [0.2, 0.25) is 0 Å². The summed E-state index contributed by atoms with van der Waals surface area (Å²) in [7, 11) is 0. The SMILES string of the molecule is CCC(CC)(Sc1ccccc1)c1ccc(N2c3ccccc3-c3ccccc3-c3ccccc32)cc1. The predicted molar refractivity (Wildman–Crippen MR) is 160 cm³/mol. The number of hydrogen-bond acceptors (Lipinski definition) is 2. The number of para-hydroxylation sites is 2. The van der Waals surface area contributed by atoms with E-state index in [1.54, 1.807) is 0 Å². The van der Waals surface area contributed by atoms with E-state index >= 15 is 0 Å². The number of benzene rings is 5. The first-order chi connectivity index (χ1) is 18.2. The van der Waals surface area contributed by atoms with Crippen molar-refractivity contribution in [3.8, 4) is 22.3 Å². The fourth-order valence-electron chi connectivity index (χ4n) is 5.64. The molecule has 182 valence electrons. The predicted octanol–water partition coefficient (Wildman–Crippen LogP) is 10.6. The summed E-state index contributed by atoms with van der Waals surface area (Å²) in [5, 5.41) is 0. The number of hydrogen-bond donors (Lipinski definition) is 0. The molecule has 0 radical (unpaired) electrons. The van der Waals surface area contributed by atoms with Crippen LogP contribution in [0.1, 0.15) is 32.3 Å². The lowest BCUT2D eigenvalue weighted by molar-refractivity contribution is 0.579. The fraction of sp³-hybridized carbons (Fsp3) is 0.143. The minimum atomic E-state index is 0.0464. The molecule has 0 bridgehead atoms. The van der Waals surface area contributed by atoms with E-state index in [9.17, 15) is 0 Å². The first-order valence-electron chi connectivity index (χ1n) is 13.2. The minimum Gasteiger partial charge on any atom is -0.309 e. The summed E-state index contributed by atoms with van der Waals surface area (Å²) in [6.07, 6.45) is 2.15. The first kappa shape index (κ1) is 23.6. The van der Waals surface area contributed by atoms with E-state index in [-0.39, 0.29) is 4.75 Å². The van der Waals surface area contributed by atoms with Crippen LogP contribution in [0.15, 0.2) is 132 Å². The van der Waals surface area contributed by atoms with Gasteiger partial charge in [0.1, 0.15) is 0 Å². The number of fused-ring (bicyclic) bond motifs is 5. The fourth-order valence-corrected chi connectivity index (χ4v) is 6.93. The first-order valence-corrected chi connectivity index (χ1v) is 14.0. The third-order valence-electron chi connectivity index (χ3n) is 7.65. The third-order valence-corrected chi connectivity index (χ3v) is 9.36. The second kappa shape index (κ2) is 9.95. The Labute approximate surface area is 224 Å². The molecule has 0 spiro atoms. The van der Waals surface area contributed by atoms with Crippen molar-refractivity contribution in [3.63, 3.8) is 0 Å². The number of thioether (sulfide) groups is 1. The van der Waals surface area contributed by atoms with Gasteiger partial charge in [0.15, 0.2) is 0 Å². The molecule has 1 aliphatic heterocycles. The van der Waals surface area contributed by atoms with Crippen LogP contribution in [0.3, 0.4) is 0 Å². The highest BCUT2D eigenvalue weighted by atomic mass is 32.2. The molecule has 0 N–H and O–H groups in total. The summed E-state index contributed by atoms with van der Waals surface area (Å²) < 4.78 is 0.0464. The van der Waals surface area contributed by atoms with Crippen molar-refractivity contribution >= 4 is 28.8 Å². The molecule has 37 heavy (non-hydrogen) atoms. The van der Waals surface area contributed by atoms with E-state index in [0.717, 1.165) is 12.8 Å². The molecule has 0 saturated carbocycles. The van der Waals surface area contributed by atoms with Gasteiger partial charge in [-0.1, -0.05) is 105 Å². The Balaban J connectivity index is 1.48. The van der Waals surface area contributed by atoms with Gasteiger partial charge < -0.3 is 4.90 Å². The highest BCUT2D eigenvalue weighted by molar-refractivity contribution is 8.00. The standard InChI is InChI=1S/C35H31NS/c1-3-35(4-2,37-28-14-6-5-7-15-28)26-22-24-27(25-23-26)36-33-20-12-10-18-31(33)29-16-8-9-17-30(29)32-19-11-13-21-34(32)36/h5-25H,3-4H2,1-2H3. The maximum absolute atomic E-state index is 2.43. The van der Waals surface area contributed by atoms with Gasteiger partial charge >= 0.3 is 0 Å². The van der Waals surface area contributed by atoms with Crippen molar-refractivity contribution in [1.82, 2.24) is 0 Å². The summed E-state index contributed by atoms with van der Waals surface area (Å²) in [6, 6.07) is 46.5. The van der Waals surface area contributed by atoms with Gasteiger partial charge in [0.25, 0.3) is 0 Å². The summed E-state index contributed by atoms with van der Waals surface area (Å²) in [5.74, 6) is 0. The molecule has 0 fully saturated rings. The Bertz CT molecular complexity index is 1450. The van der Waals surface area contributed by atoms with Crippen molar-refractivity contribution in [2.45, 2.75) is 36.3 Å². The van der Waals surface area contributed by atoms with E-state index in [1.807, 2.05) is 11.8 Å². The van der Waals surface area contributed by atoms with Crippen LogP contribution >= 0.6 is 11.8 Å². The van der Waals surface area contributed by atoms with E-state index in [2.05, 4.69) is 146 Å². The number of rotatable bonds is 6. The van der Waals surface area contributed by atoms with Crippen molar-refractivity contribution in [2.75, 3.05) is 4.90 Å². The minimum absolute atomic E-state index is 0.0464. The number of nitrogens with zero attached hydrogens (tertiary/aromatic N) is 1. The molecule has 0 saturated heterocycles. The van der Waals surface area contributed by atoms with E-state index < -0.39 is 0 Å². The van der Waals surface area contributed by atoms with Crippen molar-refractivity contribution < 1.29 is 0 Å². The van der Waals surface area contributed by atoms with E-state index in [4.69, 9.17) is 0 Å². The zero-order chi connectivity index (χ0) is 25.2. The van der Waals surface area contributed by atoms with Gasteiger partial charge in [0, 0.05) is 26.5 Å². The Kier molecular flexibility index (Phi) is 6.36. The molecular formula is C35H31NS. The molecule has 0 aliphatic carbocycles. The highest BCUT2D eigenvalue weighted by Gasteiger charge is 2.31. The molecule has 0 aromatic heterocycles. The van der Waals surface area contributed by atoms with Crippen LogP contribution in [0.2, 0.25) is 0 Å². The van der Waals surface area contributed by atoms with Gasteiger partial charge in [-0.2, -0.15) is 0 Å². The normalized spacial score (nSPS) is 12.3. The molecule has 0 atom stereocenters. The van der Waals surface area contributed by atoms with Crippen LogP contribution in [-0.2, 0) is 4.75 Å². The Morgan fingerprint density at radius 1 is 0.514 bits per heavy atom. The maximum Gasteiger partial charge on any atom is 0.0540 e. The van der Waals surface area contributed by atoms with Crippen LogP contribution in [0.4, 0.5) is 17.1 Å². The van der Waals surface area contributed by atoms with Crippen molar-refractivity contribution in [3.05, 3.63) is 133 Å². The van der Waals surface area contributed by atoms with E-state index in [1.165, 1.54) is 49.8 Å². The number of anilines is 3. The lowest BCUT2D eigenvalue weighted by Crippen LogP contribution is -2.20. The van der Waals surface area contributed by atoms with Crippen LogP contribution in [-0.4, -0.2) is 0 Å². The van der Waals surface area contributed by atoms with Crippen molar-refractivity contribution in [2.24, 2.45) is 0 Å². The summed E-state index contributed by atoms with van der Waals surface area (Å²) in [6.45, 7) is 4.62. The molecule has 1 heterocycles. The van der Waals surface area contributed by atoms with Crippen LogP contribution < -0.4 is 4.90 Å². The zero-order valence-corrected chi connectivity index (χ0v) is 22.2. The van der Waals surface area contributed by atoms with Gasteiger partial charge in [-0.3, -0.25) is 0 Å². The average Bonchev–Trinajstić information content (AvgIpc) is 3.10. The van der Waals surface area contributed by atoms with Gasteiger partial charge in [-0.25, -0.2) is 0 Å². The lowest BCUT2D eigenvalue weighted by Gasteiger charge is -2.33. The molecule has 5 aromatic rings. The Hall–Kier alpha value is -3.75. The highest BCUT2D eigenvalue weighted by Crippen LogP contribution is 2.51. The molecule has 1 aliphatic rings. The smallest absolute Gasteiger partial charge is 0.0540 e. The quantitative estimate of drug-likeness (QED) is 0.211. The van der Waals surface area contributed by atoms with Crippen LogP contribution in [0.25, 0.3) is 22.3 Å². The van der Waals surface area contributed by atoms with Crippen molar-refractivity contribution in [1.29, 1.82) is 0 Å². The third kappa shape index (κ3) is 4.16. The Morgan fingerprint density at radius 2 is 0.973 bits per heavy atom. The van der Waals surface area contributed by atoms with Gasteiger partial charge in [-0.05, 0) is 65.9 Å². The molecule has 2 heteroatoms. The lowest BCUT2D eigenvalue weighted by atomic mass is 9.92. The van der Waals surface area contributed by atoms with Gasteiger partial charge in [-0.15, -0.1) is 11.8 Å². The summed E-state index contributed by atoms with van der Waals surface area (Å²) in [5.41, 5.74) is 10.1. The second-order valence-electron chi connectivity index (χ2n) is 9.58. The van der Waals surface area contributed by atoms with Crippen LogP contribution in [0.5, 0.6) is 0 Å². The Morgan fingerprint density at radius 3 is 1.49 bits per heavy atom. The molecule has 0 amide bonds. The van der Waals surface area contributed by atoms with E-state index in [0.29, 0.717) is 0 Å². The maximum atomic E-state index is 2.43. The summed E-state index contributed by atoms with van der Waals surface area (Å²) in [4.78, 5) is 3.75. The second-order valence-corrected chi connectivity index (χ2v) is 11.0. The molecule has 5 aromatic carbocycles. The molecule has 0 unspecified atom stereocenters. The molecule has 1 nitrogen and oxygen atoms in total. The van der Waals surface area contributed by atoms with Gasteiger partial charge in [0.05, 0.1) is 11.4 Å². The monoisotopic (exact) mass is 497 g/mol. The average molecular weight is 498 g/mol. The van der Waals surface area contributed by atoms with Crippen LogP contribution in [0, 0.1) is 0 Å². The topological polar surface area (TPSA) is 3.24 Å². The molecule has 6 rings (SSSR count). The zero-order valence-electron chi connectivity index (χ0n) is 21.4. The summed E-state index contributed by atoms with van der Waals surface area (Å²) >= 11 is 1.99. The largest absolute Gasteiger partial charge is 0.309 e.